The molecule has 5 rings (SSSR count). The Bertz CT molecular complexity index is 1880. The molecule has 5 atom stereocenters. The van der Waals surface area contributed by atoms with Crippen LogP contribution in [0.1, 0.15) is 56.6 Å². The molecule has 11 N–H and O–H groups in total. The van der Waals surface area contributed by atoms with Gasteiger partial charge < -0.3 is 42.4 Å². The van der Waals surface area contributed by atoms with Gasteiger partial charge >= 0.3 is 0 Å². The molecule has 6 amide bonds. The number of phenols is 1. The molecule has 0 aliphatic carbocycles. The van der Waals surface area contributed by atoms with E-state index in [-0.39, 0.29) is 62.7 Å². The van der Waals surface area contributed by atoms with Gasteiger partial charge in [-0.1, -0.05) is 37.3 Å². The Morgan fingerprint density at radius 3 is 2.35 bits per heavy atom. The molecule has 3 heterocycles. The van der Waals surface area contributed by atoms with Crippen LogP contribution in [0.4, 0.5) is 0 Å². The molecular formula is C38H50N10O7. The molecule has 0 spiro atoms. The first kappa shape index (κ1) is 40.2. The summed E-state index contributed by atoms with van der Waals surface area (Å²) in [5.41, 5.74) is 7.60. The Balaban J connectivity index is 1.38. The Hall–Kier alpha value is -5.97. The Morgan fingerprint density at radius 2 is 1.64 bits per heavy atom. The average molecular weight is 759 g/mol. The summed E-state index contributed by atoms with van der Waals surface area (Å²) in [6.07, 6.45) is 3.91. The Kier molecular flexibility index (Phi) is 13.8. The van der Waals surface area contributed by atoms with Gasteiger partial charge in [-0.05, 0) is 74.5 Å². The van der Waals surface area contributed by atoms with Crippen molar-refractivity contribution in [2.75, 3.05) is 19.6 Å². The topological polar surface area (TPSA) is 264 Å². The van der Waals surface area contributed by atoms with Crippen molar-refractivity contribution in [3.8, 4) is 5.75 Å². The molecule has 0 saturated carbocycles. The van der Waals surface area contributed by atoms with Crippen molar-refractivity contribution in [3.63, 3.8) is 0 Å². The molecule has 17 heteroatoms. The SMILES string of the molecule is CCN1CCC[C@H]1C(=O)NC(=O)[C@H](Cc1c[nH]c2ccccc12)NC(=O)[C@H](CCCNC(=N)N)NC(=O)[C@H](Cc1ccc(O)cc1)NC(=O)[C@@H]1CCC(=O)N1. The predicted molar refractivity (Wildman–Crippen MR) is 203 cm³/mol. The molecule has 55 heavy (non-hydrogen) atoms. The Labute approximate surface area is 318 Å². The van der Waals surface area contributed by atoms with Crippen molar-refractivity contribution in [3.05, 3.63) is 65.9 Å². The molecular weight excluding hydrogens is 708 g/mol. The lowest BCUT2D eigenvalue weighted by atomic mass is 10.0. The van der Waals surface area contributed by atoms with Crippen LogP contribution in [0.2, 0.25) is 0 Å². The van der Waals surface area contributed by atoms with E-state index in [2.05, 4.69) is 36.9 Å². The van der Waals surface area contributed by atoms with Crippen molar-refractivity contribution >= 4 is 52.3 Å². The maximum absolute atomic E-state index is 14.2. The first-order valence-corrected chi connectivity index (χ1v) is 18.6. The molecule has 0 bridgehead atoms. The fourth-order valence-electron chi connectivity index (χ4n) is 7.03. The number of aromatic amines is 1. The summed E-state index contributed by atoms with van der Waals surface area (Å²) < 4.78 is 0. The molecule has 2 saturated heterocycles. The molecule has 3 aromatic rings. The number of guanidine groups is 1. The van der Waals surface area contributed by atoms with Gasteiger partial charge in [-0.3, -0.25) is 44.4 Å². The number of hydrogen-bond acceptors (Lipinski definition) is 9. The fourth-order valence-corrected chi connectivity index (χ4v) is 7.03. The standard InChI is InChI=1S/C38H50N10O7/c1-2-48-18-6-10-31(48)37(55)47-36(54)30(20-23-21-42-26-8-4-3-7-25(23)26)46-33(51)27(9-5-17-41-38(39)40)44-35(53)29(19-22-11-13-24(49)14-12-22)45-34(52)28-15-16-32(50)43-28/h3-4,7-8,11-14,21,27-31,42,49H,2,5-6,9-10,15-20H2,1H3,(H,43,50)(H,44,53)(H,45,52)(H,46,51)(H4,39,40,41)(H,47,54,55)/t27-,28-,29-,30-,31-/m0/s1. The van der Waals surface area contributed by atoms with Crippen molar-refractivity contribution in [2.45, 2.75) is 88.5 Å². The lowest BCUT2D eigenvalue weighted by Gasteiger charge is -2.27. The van der Waals surface area contributed by atoms with E-state index in [0.717, 1.165) is 29.4 Å². The minimum Gasteiger partial charge on any atom is -0.508 e. The van der Waals surface area contributed by atoms with Crippen LogP contribution in [0.5, 0.6) is 5.75 Å². The zero-order valence-electron chi connectivity index (χ0n) is 30.8. The Morgan fingerprint density at radius 1 is 0.927 bits per heavy atom. The number of likely N-dealkylation sites (N-methyl/N-ethyl adjacent to an activating group) is 1. The number of phenolic OH excluding ortho intramolecular Hbond substituents is 1. The molecule has 2 aliphatic heterocycles. The number of H-pyrrole nitrogens is 1. The molecule has 2 aliphatic rings. The lowest BCUT2D eigenvalue weighted by molar-refractivity contribution is -0.137. The van der Waals surface area contributed by atoms with Gasteiger partial charge in [0.15, 0.2) is 5.96 Å². The van der Waals surface area contributed by atoms with E-state index < -0.39 is 59.7 Å². The largest absolute Gasteiger partial charge is 0.508 e. The van der Waals surface area contributed by atoms with Crippen LogP contribution in [0, 0.1) is 5.41 Å². The number of imide groups is 1. The van der Waals surface area contributed by atoms with E-state index in [1.54, 1.807) is 18.3 Å². The van der Waals surface area contributed by atoms with Gasteiger partial charge in [0.1, 0.15) is 29.9 Å². The molecule has 1 aromatic heterocycles. The summed E-state index contributed by atoms with van der Waals surface area (Å²) in [5, 5.41) is 34.1. The van der Waals surface area contributed by atoms with Gasteiger partial charge in [-0.2, -0.15) is 0 Å². The fraction of sp³-hybridized carbons (Fsp3) is 0.447. The summed E-state index contributed by atoms with van der Waals surface area (Å²) in [4.78, 5) is 85.6. The quantitative estimate of drug-likeness (QED) is 0.0492. The van der Waals surface area contributed by atoms with E-state index in [4.69, 9.17) is 11.1 Å². The van der Waals surface area contributed by atoms with Crippen LogP contribution in [-0.2, 0) is 41.6 Å². The van der Waals surface area contributed by atoms with Crippen molar-refractivity contribution in [2.24, 2.45) is 5.73 Å². The summed E-state index contributed by atoms with van der Waals surface area (Å²) in [6.45, 7) is 3.53. The summed E-state index contributed by atoms with van der Waals surface area (Å²) >= 11 is 0. The number of rotatable bonds is 17. The number of fused-ring (bicyclic) bond motifs is 1. The molecule has 0 unspecified atom stereocenters. The number of carbonyl (C=O) groups is 6. The minimum atomic E-state index is -1.23. The zero-order chi connectivity index (χ0) is 39.5. The number of nitrogens with zero attached hydrogens (tertiary/aromatic N) is 1. The van der Waals surface area contributed by atoms with E-state index in [1.807, 2.05) is 36.1 Å². The predicted octanol–water partition coefficient (Wildman–Crippen LogP) is -0.218. The van der Waals surface area contributed by atoms with Crippen LogP contribution in [0.3, 0.4) is 0 Å². The highest BCUT2D eigenvalue weighted by Gasteiger charge is 2.35. The van der Waals surface area contributed by atoms with Crippen LogP contribution >= 0.6 is 0 Å². The highest BCUT2D eigenvalue weighted by molar-refractivity contribution is 6.02. The van der Waals surface area contributed by atoms with Crippen LogP contribution in [0.25, 0.3) is 10.9 Å². The monoisotopic (exact) mass is 758 g/mol. The molecule has 0 radical (unpaired) electrons. The molecule has 2 aromatic carbocycles. The number of aromatic hydroxyl groups is 1. The van der Waals surface area contributed by atoms with E-state index in [9.17, 15) is 33.9 Å². The average Bonchev–Trinajstić information content (AvgIpc) is 3.93. The molecule has 294 valence electrons. The summed E-state index contributed by atoms with van der Waals surface area (Å²) in [5.74, 6) is -3.69. The lowest BCUT2D eigenvalue weighted by Crippen LogP contribution is -2.59. The van der Waals surface area contributed by atoms with Gasteiger partial charge in [0.05, 0.1) is 6.04 Å². The summed E-state index contributed by atoms with van der Waals surface area (Å²) in [6, 6.07) is 8.59. The number of nitrogens with two attached hydrogens (primary N) is 1. The number of nitrogens with one attached hydrogen (secondary N) is 8. The maximum Gasteiger partial charge on any atom is 0.249 e. The van der Waals surface area contributed by atoms with Gasteiger partial charge in [-0.15, -0.1) is 0 Å². The molecule has 2 fully saturated rings. The first-order valence-electron chi connectivity index (χ1n) is 18.6. The maximum atomic E-state index is 14.2. The van der Waals surface area contributed by atoms with Crippen molar-refractivity contribution in [1.29, 1.82) is 5.41 Å². The number of amides is 6. The highest BCUT2D eigenvalue weighted by Crippen LogP contribution is 2.21. The number of para-hydroxylation sites is 1. The second-order valence-electron chi connectivity index (χ2n) is 13.9. The van der Waals surface area contributed by atoms with Crippen LogP contribution in [0.15, 0.2) is 54.7 Å². The minimum absolute atomic E-state index is 0.0113. The number of aromatic nitrogens is 1. The van der Waals surface area contributed by atoms with Crippen molar-refractivity contribution in [1.82, 2.24) is 41.8 Å². The van der Waals surface area contributed by atoms with Gasteiger partial charge in [0.25, 0.3) is 0 Å². The summed E-state index contributed by atoms with van der Waals surface area (Å²) in [7, 11) is 0. The first-order chi connectivity index (χ1) is 26.4. The van der Waals surface area contributed by atoms with Crippen molar-refractivity contribution < 1.29 is 33.9 Å². The zero-order valence-corrected chi connectivity index (χ0v) is 30.8. The van der Waals surface area contributed by atoms with E-state index >= 15 is 0 Å². The highest BCUT2D eigenvalue weighted by atomic mass is 16.3. The van der Waals surface area contributed by atoms with E-state index in [0.29, 0.717) is 18.5 Å². The third-order valence-electron chi connectivity index (χ3n) is 9.99. The van der Waals surface area contributed by atoms with Gasteiger partial charge in [-0.25, -0.2) is 0 Å². The smallest absolute Gasteiger partial charge is 0.249 e. The molecule has 17 nitrogen and oxygen atoms in total. The van der Waals surface area contributed by atoms with Crippen LogP contribution < -0.4 is 37.6 Å². The number of carbonyl (C=O) groups excluding carboxylic acids is 6. The normalized spacial score (nSPS) is 18.5. The van der Waals surface area contributed by atoms with Crippen LogP contribution in [-0.4, -0.2) is 106 Å². The third kappa shape index (κ3) is 11.0. The second kappa shape index (κ2) is 18.9. The second-order valence-corrected chi connectivity index (χ2v) is 13.9. The van der Waals surface area contributed by atoms with Gasteiger partial charge in [0.2, 0.25) is 35.4 Å². The number of likely N-dealkylation sites (tertiary alicyclic amines) is 1. The number of benzene rings is 2. The van der Waals surface area contributed by atoms with Gasteiger partial charge in [0, 0.05) is 42.9 Å². The third-order valence-corrected chi connectivity index (χ3v) is 9.99. The van der Waals surface area contributed by atoms with E-state index in [1.165, 1.54) is 12.1 Å². The number of hydrogen-bond donors (Lipinski definition) is 10.